The molecule has 12 heavy (non-hydrogen) atoms. The van der Waals surface area contributed by atoms with Crippen LogP contribution in [0.4, 0.5) is 4.39 Å². The van der Waals surface area contributed by atoms with E-state index in [0.29, 0.717) is 6.42 Å². The average Bonchev–Trinajstić information content (AvgIpc) is 2.10. The van der Waals surface area contributed by atoms with Gasteiger partial charge in [0.15, 0.2) is 0 Å². The van der Waals surface area contributed by atoms with Gasteiger partial charge in [0.05, 0.1) is 0 Å². The maximum Gasteiger partial charge on any atom is 0.123 e. The monoisotopic (exact) mass is 167 g/mol. The Kier molecular flexibility index (Phi) is 2.91. The minimum atomic E-state index is -0.342. The quantitative estimate of drug-likeness (QED) is 0.636. The lowest BCUT2D eigenvalue weighted by molar-refractivity contribution is 0.623. The van der Waals surface area contributed by atoms with Gasteiger partial charge in [0.1, 0.15) is 11.9 Å². The van der Waals surface area contributed by atoms with Gasteiger partial charge in [-0.25, -0.2) is 4.39 Å². The van der Waals surface area contributed by atoms with Crippen molar-refractivity contribution in [2.24, 2.45) is 5.18 Å². The summed E-state index contributed by atoms with van der Waals surface area (Å²) in [6.45, 7) is 1.87. The molecule has 1 aromatic rings. The minimum absolute atomic E-state index is 0.292. The molecule has 0 aromatic heterocycles. The van der Waals surface area contributed by atoms with Crippen LogP contribution in [0.15, 0.2) is 29.4 Å². The second-order valence-corrected chi connectivity index (χ2v) is 2.58. The molecule has 0 saturated heterocycles. The Labute approximate surface area is 70.4 Å². The number of nitroso groups, excluding NO2 is 1. The topological polar surface area (TPSA) is 29.4 Å². The van der Waals surface area contributed by atoms with Crippen LogP contribution in [0.1, 0.15) is 24.9 Å². The summed E-state index contributed by atoms with van der Waals surface area (Å²) in [5.74, 6) is -0.292. The van der Waals surface area contributed by atoms with Crippen molar-refractivity contribution in [3.8, 4) is 0 Å². The molecule has 1 atom stereocenters. The highest BCUT2D eigenvalue weighted by atomic mass is 19.1. The van der Waals surface area contributed by atoms with E-state index in [9.17, 15) is 9.30 Å². The number of rotatable bonds is 3. The van der Waals surface area contributed by atoms with E-state index < -0.39 is 0 Å². The number of hydrogen-bond acceptors (Lipinski definition) is 2. The fourth-order valence-electron chi connectivity index (χ4n) is 1.06. The number of hydrogen-bond donors (Lipinski definition) is 0. The van der Waals surface area contributed by atoms with Gasteiger partial charge in [-0.2, -0.15) is 4.91 Å². The zero-order valence-electron chi connectivity index (χ0n) is 6.83. The van der Waals surface area contributed by atoms with Crippen LogP contribution in [0, 0.1) is 10.7 Å². The Morgan fingerprint density at radius 3 is 2.42 bits per heavy atom. The first-order valence-electron chi connectivity index (χ1n) is 3.86. The number of benzene rings is 1. The molecule has 0 saturated carbocycles. The van der Waals surface area contributed by atoms with Gasteiger partial charge in [-0.1, -0.05) is 24.2 Å². The Morgan fingerprint density at radius 1 is 1.42 bits per heavy atom. The van der Waals surface area contributed by atoms with E-state index >= 15 is 0 Å². The first-order valence-corrected chi connectivity index (χ1v) is 3.86. The lowest BCUT2D eigenvalue weighted by Crippen LogP contribution is -1.91. The molecular weight excluding hydrogens is 157 g/mol. The second kappa shape index (κ2) is 3.95. The highest BCUT2D eigenvalue weighted by molar-refractivity contribution is 5.19. The summed E-state index contributed by atoms with van der Waals surface area (Å²) in [4.78, 5) is 10.3. The van der Waals surface area contributed by atoms with Crippen molar-refractivity contribution >= 4 is 0 Å². The molecule has 64 valence electrons. The zero-order valence-corrected chi connectivity index (χ0v) is 6.83. The molecule has 0 spiro atoms. The molecule has 1 unspecified atom stereocenters. The Morgan fingerprint density at radius 2 is 2.00 bits per heavy atom. The molecule has 2 nitrogen and oxygen atoms in total. The van der Waals surface area contributed by atoms with Crippen molar-refractivity contribution < 1.29 is 4.39 Å². The zero-order chi connectivity index (χ0) is 8.97. The third-order valence-corrected chi connectivity index (χ3v) is 1.77. The van der Waals surface area contributed by atoms with Gasteiger partial charge in [0.2, 0.25) is 0 Å². The van der Waals surface area contributed by atoms with Crippen molar-refractivity contribution in [2.75, 3.05) is 0 Å². The molecule has 0 bridgehead atoms. The largest absolute Gasteiger partial charge is 0.207 e. The average molecular weight is 167 g/mol. The minimum Gasteiger partial charge on any atom is -0.207 e. The van der Waals surface area contributed by atoms with Crippen LogP contribution >= 0.6 is 0 Å². The third-order valence-electron chi connectivity index (χ3n) is 1.77. The van der Waals surface area contributed by atoms with Gasteiger partial charge in [-0.05, 0) is 24.1 Å². The maximum atomic E-state index is 12.4. The Hall–Kier alpha value is -1.25. The number of halogens is 1. The standard InChI is InChI=1S/C9H10FNO/c1-2-9(11-12)7-3-5-8(10)6-4-7/h3-6,9H,2H2,1H3. The van der Waals surface area contributed by atoms with E-state index in [0.717, 1.165) is 5.56 Å². The summed E-state index contributed by atoms with van der Waals surface area (Å²) in [6.07, 6.45) is 0.648. The Balaban J connectivity index is 2.87. The van der Waals surface area contributed by atoms with Gasteiger partial charge < -0.3 is 0 Å². The fourth-order valence-corrected chi connectivity index (χ4v) is 1.06. The van der Waals surface area contributed by atoms with Crippen LogP contribution < -0.4 is 0 Å². The van der Waals surface area contributed by atoms with Crippen molar-refractivity contribution in [2.45, 2.75) is 19.4 Å². The molecular formula is C9H10FNO. The van der Waals surface area contributed by atoms with Gasteiger partial charge >= 0.3 is 0 Å². The van der Waals surface area contributed by atoms with Crippen LogP contribution in [-0.2, 0) is 0 Å². The van der Waals surface area contributed by atoms with Crippen molar-refractivity contribution in [3.05, 3.63) is 40.6 Å². The summed E-state index contributed by atoms with van der Waals surface area (Å²) in [5, 5.41) is 2.93. The first-order chi connectivity index (χ1) is 5.77. The van der Waals surface area contributed by atoms with Gasteiger partial charge in [0, 0.05) is 0 Å². The normalized spacial score (nSPS) is 12.5. The van der Waals surface area contributed by atoms with E-state index in [-0.39, 0.29) is 11.9 Å². The molecule has 0 aliphatic carbocycles. The predicted molar refractivity (Wildman–Crippen MR) is 45.2 cm³/mol. The van der Waals surface area contributed by atoms with E-state index in [1.807, 2.05) is 6.92 Å². The van der Waals surface area contributed by atoms with E-state index in [2.05, 4.69) is 5.18 Å². The number of nitrogens with zero attached hydrogens (tertiary/aromatic N) is 1. The molecule has 3 heteroatoms. The van der Waals surface area contributed by atoms with E-state index in [1.54, 1.807) is 12.1 Å². The smallest absolute Gasteiger partial charge is 0.123 e. The van der Waals surface area contributed by atoms with Gasteiger partial charge in [0.25, 0.3) is 0 Å². The predicted octanol–water partition coefficient (Wildman–Crippen LogP) is 3.04. The highest BCUT2D eigenvalue weighted by Gasteiger charge is 2.07. The molecule has 0 N–H and O–H groups in total. The summed E-state index contributed by atoms with van der Waals surface area (Å²) >= 11 is 0. The first kappa shape index (κ1) is 8.84. The van der Waals surface area contributed by atoms with Crippen LogP contribution in [0.3, 0.4) is 0 Å². The maximum absolute atomic E-state index is 12.4. The van der Waals surface area contributed by atoms with Crippen LogP contribution in [0.25, 0.3) is 0 Å². The summed E-state index contributed by atoms with van der Waals surface area (Å²) in [5.41, 5.74) is 0.772. The SMILES string of the molecule is CCC(N=O)c1ccc(F)cc1. The molecule has 0 aliphatic heterocycles. The molecule has 0 radical (unpaired) electrons. The molecule has 1 rings (SSSR count). The van der Waals surface area contributed by atoms with Gasteiger partial charge in [-0.15, -0.1) is 0 Å². The van der Waals surface area contributed by atoms with Crippen molar-refractivity contribution in [1.82, 2.24) is 0 Å². The molecule has 0 aliphatic rings. The van der Waals surface area contributed by atoms with Crippen molar-refractivity contribution in [1.29, 1.82) is 0 Å². The van der Waals surface area contributed by atoms with Gasteiger partial charge in [-0.3, -0.25) is 0 Å². The van der Waals surface area contributed by atoms with E-state index in [1.165, 1.54) is 12.1 Å². The van der Waals surface area contributed by atoms with Crippen molar-refractivity contribution in [3.63, 3.8) is 0 Å². The third kappa shape index (κ3) is 1.87. The van der Waals surface area contributed by atoms with E-state index in [4.69, 9.17) is 0 Å². The molecule has 0 heterocycles. The summed E-state index contributed by atoms with van der Waals surface area (Å²) in [6, 6.07) is 5.51. The molecule has 0 fully saturated rings. The molecule has 1 aromatic carbocycles. The summed E-state index contributed by atoms with van der Waals surface area (Å²) in [7, 11) is 0. The van der Waals surface area contributed by atoms with Crippen LogP contribution in [-0.4, -0.2) is 0 Å². The highest BCUT2D eigenvalue weighted by Crippen LogP contribution is 2.20. The second-order valence-electron chi connectivity index (χ2n) is 2.58. The van der Waals surface area contributed by atoms with Crippen LogP contribution in [0.5, 0.6) is 0 Å². The lowest BCUT2D eigenvalue weighted by atomic mass is 10.1. The molecule has 0 amide bonds. The summed E-state index contributed by atoms with van der Waals surface area (Å²) < 4.78 is 12.4. The van der Waals surface area contributed by atoms with Crippen LogP contribution in [0.2, 0.25) is 0 Å². The Bertz CT molecular complexity index is 258. The fraction of sp³-hybridized carbons (Fsp3) is 0.333. The lowest BCUT2D eigenvalue weighted by Gasteiger charge is -2.04.